The van der Waals surface area contributed by atoms with Gasteiger partial charge < -0.3 is 4.90 Å². The van der Waals surface area contributed by atoms with Gasteiger partial charge >= 0.3 is 0 Å². The molecule has 3 rings (SSSR count). The van der Waals surface area contributed by atoms with Gasteiger partial charge in [-0.3, -0.25) is 4.79 Å². The predicted molar refractivity (Wildman–Crippen MR) is 90.0 cm³/mol. The van der Waals surface area contributed by atoms with Crippen LogP contribution in [0.3, 0.4) is 0 Å². The number of para-hydroxylation sites is 1. The molecule has 0 saturated carbocycles. The van der Waals surface area contributed by atoms with Crippen molar-refractivity contribution in [2.24, 2.45) is 0 Å². The van der Waals surface area contributed by atoms with Crippen molar-refractivity contribution in [3.05, 3.63) is 30.1 Å². The highest BCUT2D eigenvalue weighted by molar-refractivity contribution is 8.00. The number of aryl methyl sites for hydroxylation is 1. The molecule has 116 valence electrons. The van der Waals surface area contributed by atoms with E-state index in [1.54, 1.807) is 0 Å². The third-order valence-electron chi connectivity index (χ3n) is 4.14. The molecule has 1 aliphatic rings. The molecular weight excluding hydrogens is 294 g/mol. The van der Waals surface area contributed by atoms with E-state index in [9.17, 15) is 4.79 Å². The minimum Gasteiger partial charge on any atom is -0.339 e. The first-order chi connectivity index (χ1) is 10.6. The quantitative estimate of drug-likeness (QED) is 0.643. The number of amides is 1. The van der Waals surface area contributed by atoms with Gasteiger partial charge in [0.1, 0.15) is 10.9 Å². The van der Waals surface area contributed by atoms with Gasteiger partial charge in [-0.05, 0) is 39.2 Å². The second-order valence-electron chi connectivity index (χ2n) is 5.81. The van der Waals surface area contributed by atoms with Gasteiger partial charge in [-0.25, -0.2) is 9.97 Å². The van der Waals surface area contributed by atoms with E-state index in [1.165, 1.54) is 18.2 Å². The lowest BCUT2D eigenvalue weighted by Gasteiger charge is -2.33. The van der Waals surface area contributed by atoms with E-state index in [4.69, 9.17) is 0 Å². The Labute approximate surface area is 135 Å². The van der Waals surface area contributed by atoms with Crippen molar-refractivity contribution in [1.29, 1.82) is 0 Å². The number of carbonyl (C=O) groups is 1. The van der Waals surface area contributed by atoms with Crippen molar-refractivity contribution in [3.8, 4) is 0 Å². The zero-order valence-electron chi connectivity index (χ0n) is 13.1. The molecule has 1 saturated heterocycles. The number of nitrogens with zero attached hydrogens (tertiary/aromatic N) is 3. The first kappa shape index (κ1) is 15.3. The van der Waals surface area contributed by atoms with Crippen LogP contribution < -0.4 is 0 Å². The zero-order valence-corrected chi connectivity index (χ0v) is 13.9. The summed E-state index contributed by atoms with van der Waals surface area (Å²) < 4.78 is 0. The van der Waals surface area contributed by atoms with Crippen LogP contribution in [0.2, 0.25) is 0 Å². The molecule has 1 amide bonds. The highest BCUT2D eigenvalue weighted by atomic mass is 32.2. The van der Waals surface area contributed by atoms with Crippen molar-refractivity contribution in [2.75, 3.05) is 12.3 Å². The Morgan fingerprint density at radius 1 is 1.32 bits per heavy atom. The number of thioether (sulfide) groups is 1. The molecule has 1 atom stereocenters. The fourth-order valence-corrected chi connectivity index (χ4v) is 3.90. The second-order valence-corrected chi connectivity index (χ2v) is 6.78. The third-order valence-corrected chi connectivity index (χ3v) is 5.11. The molecule has 0 radical (unpaired) electrons. The van der Waals surface area contributed by atoms with E-state index in [0.717, 1.165) is 41.1 Å². The normalized spacial score (nSPS) is 18.6. The first-order valence-corrected chi connectivity index (χ1v) is 8.79. The highest BCUT2D eigenvalue weighted by Crippen LogP contribution is 2.26. The van der Waals surface area contributed by atoms with Gasteiger partial charge in [-0.15, -0.1) is 0 Å². The van der Waals surface area contributed by atoms with Crippen molar-refractivity contribution in [1.82, 2.24) is 14.9 Å². The van der Waals surface area contributed by atoms with Crippen LogP contribution >= 0.6 is 11.8 Å². The zero-order chi connectivity index (χ0) is 15.5. The summed E-state index contributed by atoms with van der Waals surface area (Å²) in [6, 6.07) is 8.34. The molecule has 1 aromatic heterocycles. The summed E-state index contributed by atoms with van der Waals surface area (Å²) in [5.74, 6) is 1.42. The standard InChI is InChI=1S/C17H21N3OS/c1-12-7-5-6-10-20(12)16(21)11-22-17-14-8-3-4-9-15(14)18-13(2)19-17/h3-4,8-9,12H,5-7,10-11H2,1-2H3. The van der Waals surface area contributed by atoms with Crippen LogP contribution in [-0.2, 0) is 4.79 Å². The molecule has 0 aliphatic carbocycles. The van der Waals surface area contributed by atoms with Crippen LogP contribution in [0.4, 0.5) is 0 Å². The number of aromatic nitrogens is 2. The van der Waals surface area contributed by atoms with E-state index in [-0.39, 0.29) is 5.91 Å². The number of rotatable bonds is 3. The maximum absolute atomic E-state index is 12.5. The summed E-state index contributed by atoms with van der Waals surface area (Å²) in [6.45, 7) is 4.93. The third kappa shape index (κ3) is 3.24. The fraction of sp³-hybridized carbons (Fsp3) is 0.471. The molecule has 2 aromatic rings. The molecule has 1 unspecified atom stereocenters. The number of benzene rings is 1. The lowest BCUT2D eigenvalue weighted by atomic mass is 10.0. The van der Waals surface area contributed by atoms with Crippen LogP contribution in [0.5, 0.6) is 0 Å². The van der Waals surface area contributed by atoms with E-state index in [1.807, 2.05) is 36.1 Å². The summed E-state index contributed by atoms with van der Waals surface area (Å²) in [5.41, 5.74) is 0.941. The van der Waals surface area contributed by atoms with E-state index >= 15 is 0 Å². The fourth-order valence-electron chi connectivity index (χ4n) is 2.95. The molecule has 5 heteroatoms. The first-order valence-electron chi connectivity index (χ1n) is 7.81. The van der Waals surface area contributed by atoms with Crippen molar-refractivity contribution >= 4 is 28.6 Å². The Bertz CT molecular complexity index is 689. The van der Waals surface area contributed by atoms with Crippen LogP contribution in [-0.4, -0.2) is 39.1 Å². The van der Waals surface area contributed by atoms with Gasteiger partial charge in [0.2, 0.25) is 5.91 Å². The SMILES string of the molecule is Cc1nc(SCC(=O)N2CCCCC2C)c2ccccc2n1. The predicted octanol–water partition coefficient (Wildman–Crippen LogP) is 3.43. The average molecular weight is 315 g/mol. The molecule has 22 heavy (non-hydrogen) atoms. The second kappa shape index (κ2) is 6.65. The number of piperidine rings is 1. The Balaban J connectivity index is 1.75. The van der Waals surface area contributed by atoms with Crippen molar-refractivity contribution < 1.29 is 4.79 Å². The van der Waals surface area contributed by atoms with Gasteiger partial charge in [-0.1, -0.05) is 30.0 Å². The summed E-state index contributed by atoms with van der Waals surface area (Å²) >= 11 is 1.53. The maximum atomic E-state index is 12.5. The Kier molecular flexibility index (Phi) is 4.62. The molecular formula is C17H21N3OS. The monoisotopic (exact) mass is 315 g/mol. The highest BCUT2D eigenvalue weighted by Gasteiger charge is 2.23. The van der Waals surface area contributed by atoms with Gasteiger partial charge in [0.25, 0.3) is 0 Å². The number of fused-ring (bicyclic) bond motifs is 1. The molecule has 0 spiro atoms. The van der Waals surface area contributed by atoms with E-state index < -0.39 is 0 Å². The number of carbonyl (C=O) groups excluding carboxylic acids is 1. The minimum absolute atomic E-state index is 0.220. The maximum Gasteiger partial charge on any atom is 0.233 e. The molecule has 1 fully saturated rings. The van der Waals surface area contributed by atoms with Crippen molar-refractivity contribution in [2.45, 2.75) is 44.2 Å². The Morgan fingerprint density at radius 3 is 2.95 bits per heavy atom. The van der Waals surface area contributed by atoms with E-state index in [2.05, 4.69) is 16.9 Å². The molecule has 0 N–H and O–H groups in total. The Hall–Kier alpha value is -1.62. The van der Waals surface area contributed by atoms with Gasteiger partial charge in [0.15, 0.2) is 0 Å². The number of hydrogen-bond donors (Lipinski definition) is 0. The smallest absolute Gasteiger partial charge is 0.233 e. The number of hydrogen-bond acceptors (Lipinski definition) is 4. The molecule has 2 heterocycles. The number of likely N-dealkylation sites (tertiary alicyclic amines) is 1. The van der Waals surface area contributed by atoms with Gasteiger partial charge in [-0.2, -0.15) is 0 Å². The molecule has 1 aromatic carbocycles. The van der Waals surface area contributed by atoms with Crippen LogP contribution in [0.1, 0.15) is 32.0 Å². The summed E-state index contributed by atoms with van der Waals surface area (Å²) in [7, 11) is 0. The average Bonchev–Trinajstić information content (AvgIpc) is 2.52. The molecule has 4 nitrogen and oxygen atoms in total. The summed E-state index contributed by atoms with van der Waals surface area (Å²) in [4.78, 5) is 23.4. The summed E-state index contributed by atoms with van der Waals surface area (Å²) in [6.07, 6.45) is 3.47. The molecule has 0 bridgehead atoms. The minimum atomic E-state index is 0.220. The van der Waals surface area contributed by atoms with Gasteiger partial charge in [0, 0.05) is 18.0 Å². The molecule has 1 aliphatic heterocycles. The van der Waals surface area contributed by atoms with Crippen LogP contribution in [0.25, 0.3) is 10.9 Å². The van der Waals surface area contributed by atoms with Crippen LogP contribution in [0, 0.1) is 6.92 Å². The van der Waals surface area contributed by atoms with Crippen molar-refractivity contribution in [3.63, 3.8) is 0 Å². The van der Waals surface area contributed by atoms with Crippen LogP contribution in [0.15, 0.2) is 29.3 Å². The summed E-state index contributed by atoms with van der Waals surface area (Å²) in [5, 5.41) is 1.93. The lowest BCUT2D eigenvalue weighted by Crippen LogP contribution is -2.42. The van der Waals surface area contributed by atoms with Gasteiger partial charge in [0.05, 0.1) is 11.3 Å². The van der Waals surface area contributed by atoms with E-state index in [0.29, 0.717) is 11.8 Å². The Morgan fingerprint density at radius 2 is 2.14 bits per heavy atom. The lowest BCUT2D eigenvalue weighted by molar-refractivity contribution is -0.131. The topological polar surface area (TPSA) is 46.1 Å². The largest absolute Gasteiger partial charge is 0.339 e.